The molecular weight excluding hydrogens is 330 g/mol. The number of nitrogens with zero attached hydrogens (tertiary/aromatic N) is 1. The number of carbonyl (C=O) groups is 1. The van der Waals surface area contributed by atoms with Gasteiger partial charge in [0.2, 0.25) is 0 Å². The van der Waals surface area contributed by atoms with Crippen LogP contribution in [0.2, 0.25) is 0 Å². The highest BCUT2D eigenvalue weighted by Crippen LogP contribution is 2.33. The normalized spacial score (nSPS) is 10.7. The summed E-state index contributed by atoms with van der Waals surface area (Å²) < 4.78 is 11.7. The molecule has 0 aliphatic rings. The molecule has 0 aliphatic heterocycles. The number of carboxylic acid groups (broad SMARTS) is 1. The minimum absolute atomic E-state index is 0.0537. The van der Waals surface area contributed by atoms with Crippen molar-refractivity contribution in [2.75, 3.05) is 6.61 Å². The highest BCUT2D eigenvalue weighted by molar-refractivity contribution is 5.78. The maximum absolute atomic E-state index is 10.9. The van der Waals surface area contributed by atoms with Gasteiger partial charge in [0.25, 0.3) is 0 Å². The van der Waals surface area contributed by atoms with E-state index in [0.717, 1.165) is 22.0 Å². The van der Waals surface area contributed by atoms with Crippen molar-refractivity contribution in [2.24, 2.45) is 0 Å². The average Bonchev–Trinajstić information content (AvgIpc) is 2.66. The summed E-state index contributed by atoms with van der Waals surface area (Å²) in [5.41, 5.74) is 2.74. The topological polar surface area (TPSA) is 68.7 Å². The van der Waals surface area contributed by atoms with E-state index < -0.39 is 5.97 Å². The summed E-state index contributed by atoms with van der Waals surface area (Å²) in [6.07, 6.45) is 2.26. The van der Waals surface area contributed by atoms with Gasteiger partial charge in [-0.25, -0.2) is 0 Å². The van der Waals surface area contributed by atoms with Gasteiger partial charge in [0.05, 0.1) is 12.1 Å². The fourth-order valence-corrected chi connectivity index (χ4v) is 2.78. The van der Waals surface area contributed by atoms with Gasteiger partial charge in [-0.1, -0.05) is 30.3 Å². The molecule has 0 saturated heterocycles. The zero-order valence-electron chi connectivity index (χ0n) is 14.6. The van der Waals surface area contributed by atoms with Gasteiger partial charge in [-0.2, -0.15) is 0 Å². The van der Waals surface area contributed by atoms with Gasteiger partial charge in [0.1, 0.15) is 6.61 Å². The molecule has 0 fully saturated rings. The Labute approximate surface area is 152 Å². The highest BCUT2D eigenvalue weighted by Gasteiger charge is 2.12. The molecule has 1 heterocycles. The van der Waals surface area contributed by atoms with Crippen LogP contribution in [0.4, 0.5) is 0 Å². The zero-order chi connectivity index (χ0) is 18.4. The summed E-state index contributed by atoms with van der Waals surface area (Å²) in [6.45, 7) is 2.74. The van der Waals surface area contributed by atoms with Gasteiger partial charge < -0.3 is 14.6 Å². The van der Waals surface area contributed by atoms with Crippen LogP contribution in [0.5, 0.6) is 11.5 Å². The summed E-state index contributed by atoms with van der Waals surface area (Å²) in [4.78, 5) is 15.3. The fraction of sp³-hybridized carbons (Fsp3) is 0.238. The number of ether oxygens (including phenoxy) is 2. The number of aryl methyl sites for hydroxylation is 1. The number of fused-ring (bicyclic) bond motifs is 1. The molecule has 5 heteroatoms. The lowest BCUT2D eigenvalue weighted by Crippen LogP contribution is -2.04. The first-order valence-electron chi connectivity index (χ1n) is 8.60. The maximum atomic E-state index is 10.9. The van der Waals surface area contributed by atoms with Gasteiger partial charge in [-0.3, -0.25) is 9.78 Å². The summed E-state index contributed by atoms with van der Waals surface area (Å²) >= 11 is 0. The largest absolute Gasteiger partial charge is 0.490 e. The molecule has 2 aromatic carbocycles. The predicted molar refractivity (Wildman–Crippen MR) is 99.6 cm³/mol. The molecule has 1 N–H and O–H groups in total. The van der Waals surface area contributed by atoms with Gasteiger partial charge >= 0.3 is 5.97 Å². The lowest BCUT2D eigenvalue weighted by molar-refractivity contribution is -0.136. The number of aliphatic carboxylic acids is 1. The van der Waals surface area contributed by atoms with Crippen LogP contribution in [0.1, 0.15) is 24.5 Å². The van der Waals surface area contributed by atoms with Crippen LogP contribution >= 0.6 is 0 Å². The Bertz CT molecular complexity index is 907. The zero-order valence-corrected chi connectivity index (χ0v) is 14.6. The third-order valence-corrected chi connectivity index (χ3v) is 4.00. The molecule has 3 aromatic rings. The molecule has 0 radical (unpaired) electrons. The minimum atomic E-state index is -0.832. The number of hydrogen-bond acceptors (Lipinski definition) is 4. The van der Waals surface area contributed by atoms with E-state index in [1.54, 1.807) is 6.20 Å². The summed E-state index contributed by atoms with van der Waals surface area (Å²) in [5.74, 6) is 0.397. The third kappa shape index (κ3) is 4.30. The first-order chi connectivity index (χ1) is 12.7. The molecular formula is C21H21NO4. The molecule has 0 unspecified atom stereocenters. The first kappa shape index (κ1) is 17.7. The van der Waals surface area contributed by atoms with Crippen molar-refractivity contribution in [3.05, 3.63) is 65.9 Å². The number of benzene rings is 2. The van der Waals surface area contributed by atoms with Crippen molar-refractivity contribution < 1.29 is 19.4 Å². The number of hydrogen-bond donors (Lipinski definition) is 1. The van der Waals surface area contributed by atoms with Gasteiger partial charge in [0, 0.05) is 23.6 Å². The molecule has 0 bridgehead atoms. The molecule has 0 atom stereocenters. The van der Waals surface area contributed by atoms with E-state index in [9.17, 15) is 4.79 Å². The Morgan fingerprint density at radius 2 is 1.96 bits per heavy atom. The Morgan fingerprint density at radius 1 is 1.12 bits per heavy atom. The lowest BCUT2D eigenvalue weighted by Gasteiger charge is -2.15. The Kier molecular flexibility index (Phi) is 5.69. The first-order valence-corrected chi connectivity index (χ1v) is 8.60. The molecule has 26 heavy (non-hydrogen) atoms. The summed E-state index contributed by atoms with van der Waals surface area (Å²) in [6, 6.07) is 15.5. The van der Waals surface area contributed by atoms with Gasteiger partial charge in [-0.05, 0) is 37.1 Å². The molecule has 1 aromatic heterocycles. The molecule has 0 amide bonds. The fourth-order valence-electron chi connectivity index (χ4n) is 2.78. The number of carboxylic acids is 1. The van der Waals surface area contributed by atoms with Gasteiger partial charge in [-0.15, -0.1) is 0 Å². The molecule has 0 spiro atoms. The number of rotatable bonds is 8. The SMILES string of the molecule is CCOc1c(CCC(=O)O)cccc1OCc1cnc2ccccc2c1. The maximum Gasteiger partial charge on any atom is 0.303 e. The van der Waals surface area contributed by atoms with E-state index in [1.165, 1.54) is 0 Å². The Hall–Kier alpha value is -3.08. The number of aromatic nitrogens is 1. The Balaban J connectivity index is 1.79. The van der Waals surface area contributed by atoms with Crippen molar-refractivity contribution >= 4 is 16.9 Å². The monoisotopic (exact) mass is 351 g/mol. The molecule has 134 valence electrons. The van der Waals surface area contributed by atoms with Crippen molar-refractivity contribution in [2.45, 2.75) is 26.4 Å². The van der Waals surface area contributed by atoms with E-state index in [4.69, 9.17) is 14.6 Å². The second-order valence-electron chi connectivity index (χ2n) is 5.90. The average molecular weight is 351 g/mol. The van der Waals surface area contributed by atoms with E-state index in [-0.39, 0.29) is 6.42 Å². The number of pyridine rings is 1. The molecule has 5 nitrogen and oxygen atoms in total. The third-order valence-electron chi connectivity index (χ3n) is 4.00. The van der Waals surface area contributed by atoms with Crippen LogP contribution in [0.3, 0.4) is 0 Å². The van der Waals surface area contributed by atoms with E-state index >= 15 is 0 Å². The van der Waals surface area contributed by atoms with Crippen LogP contribution in [-0.2, 0) is 17.8 Å². The van der Waals surface area contributed by atoms with E-state index in [2.05, 4.69) is 11.1 Å². The van der Waals surface area contributed by atoms with Crippen molar-refractivity contribution in [3.63, 3.8) is 0 Å². The quantitative estimate of drug-likeness (QED) is 0.658. The summed E-state index contributed by atoms with van der Waals surface area (Å²) in [7, 11) is 0. The van der Waals surface area contributed by atoms with Crippen molar-refractivity contribution in [1.29, 1.82) is 0 Å². The minimum Gasteiger partial charge on any atom is -0.490 e. The highest BCUT2D eigenvalue weighted by atomic mass is 16.5. The van der Waals surface area contributed by atoms with Crippen LogP contribution in [0, 0.1) is 0 Å². The standard InChI is InChI=1S/C21H21NO4/c1-2-25-21-16(10-11-20(23)24)7-5-9-19(21)26-14-15-12-17-6-3-4-8-18(17)22-13-15/h3-9,12-13H,2,10-11,14H2,1H3,(H,23,24). The van der Waals surface area contributed by atoms with Crippen molar-refractivity contribution in [3.8, 4) is 11.5 Å². The van der Waals surface area contributed by atoms with E-state index in [0.29, 0.717) is 31.1 Å². The van der Waals surface area contributed by atoms with E-state index in [1.807, 2.05) is 49.4 Å². The summed E-state index contributed by atoms with van der Waals surface area (Å²) in [5, 5.41) is 9.99. The molecule has 0 aliphatic carbocycles. The smallest absolute Gasteiger partial charge is 0.303 e. The van der Waals surface area contributed by atoms with Crippen LogP contribution in [0.15, 0.2) is 54.7 Å². The van der Waals surface area contributed by atoms with Gasteiger partial charge in [0.15, 0.2) is 11.5 Å². The predicted octanol–water partition coefficient (Wildman–Crippen LogP) is 4.23. The molecule has 3 rings (SSSR count). The van der Waals surface area contributed by atoms with Crippen LogP contribution in [-0.4, -0.2) is 22.7 Å². The molecule has 0 saturated carbocycles. The number of para-hydroxylation sites is 2. The lowest BCUT2D eigenvalue weighted by atomic mass is 10.1. The Morgan fingerprint density at radius 3 is 2.77 bits per heavy atom. The van der Waals surface area contributed by atoms with Crippen molar-refractivity contribution in [1.82, 2.24) is 4.98 Å². The van der Waals surface area contributed by atoms with Crippen LogP contribution in [0.25, 0.3) is 10.9 Å². The second kappa shape index (κ2) is 8.34. The van der Waals surface area contributed by atoms with Crippen LogP contribution < -0.4 is 9.47 Å². The second-order valence-corrected chi connectivity index (χ2v) is 5.90.